The van der Waals surface area contributed by atoms with Crippen molar-refractivity contribution in [1.29, 1.82) is 0 Å². The van der Waals surface area contributed by atoms with Gasteiger partial charge in [-0.2, -0.15) is 5.10 Å². The minimum atomic E-state index is -0.460. The molecule has 0 aliphatic carbocycles. The van der Waals surface area contributed by atoms with Gasteiger partial charge in [-0.05, 0) is 37.1 Å². The molecule has 0 aromatic carbocycles. The summed E-state index contributed by atoms with van der Waals surface area (Å²) in [6, 6.07) is 3.96. The molecule has 0 unspecified atom stereocenters. The molecule has 3 aromatic heterocycles. The van der Waals surface area contributed by atoms with Crippen molar-refractivity contribution in [3.05, 3.63) is 53.6 Å². The number of amides is 1. The van der Waals surface area contributed by atoms with E-state index in [9.17, 15) is 4.79 Å². The minimum Gasteiger partial charge on any atom is -0.366 e. The highest BCUT2D eigenvalue weighted by Gasteiger charge is 2.12. The Morgan fingerprint density at radius 2 is 2.10 bits per heavy atom. The lowest BCUT2D eigenvalue weighted by Gasteiger charge is -2.02. The Hall–Kier alpha value is -2.69. The summed E-state index contributed by atoms with van der Waals surface area (Å²) in [5.74, 6) is -0.460. The maximum atomic E-state index is 11.4. The first-order chi connectivity index (χ1) is 9.58. The minimum absolute atomic E-state index is 0.449. The third-order valence-corrected chi connectivity index (χ3v) is 3.52. The molecule has 0 aliphatic heterocycles. The van der Waals surface area contributed by atoms with Crippen LogP contribution in [-0.2, 0) is 0 Å². The van der Waals surface area contributed by atoms with E-state index in [1.54, 1.807) is 10.7 Å². The number of aryl methyl sites for hydroxylation is 2. The van der Waals surface area contributed by atoms with E-state index in [2.05, 4.69) is 10.1 Å². The average molecular weight is 266 g/mol. The molecule has 0 bridgehead atoms. The van der Waals surface area contributed by atoms with E-state index in [-0.39, 0.29) is 0 Å². The number of carbonyl (C=O) groups is 1. The van der Waals surface area contributed by atoms with Gasteiger partial charge in [0, 0.05) is 29.7 Å². The highest BCUT2D eigenvalue weighted by Crippen LogP contribution is 2.26. The zero-order chi connectivity index (χ0) is 14.3. The van der Waals surface area contributed by atoms with Gasteiger partial charge in [-0.15, -0.1) is 0 Å². The van der Waals surface area contributed by atoms with Gasteiger partial charge in [0.25, 0.3) is 5.91 Å². The number of nitrogens with zero attached hydrogens (tertiary/aromatic N) is 3. The molecule has 20 heavy (non-hydrogen) atoms. The molecule has 0 aliphatic rings. The molecular formula is C15H14N4O. The molecule has 100 valence electrons. The molecule has 3 aromatic rings. The fourth-order valence-corrected chi connectivity index (χ4v) is 2.34. The molecule has 0 radical (unpaired) electrons. The van der Waals surface area contributed by atoms with E-state index in [1.165, 1.54) is 6.20 Å². The van der Waals surface area contributed by atoms with Crippen molar-refractivity contribution in [1.82, 2.24) is 14.6 Å². The van der Waals surface area contributed by atoms with Crippen LogP contribution in [0.5, 0.6) is 0 Å². The Kier molecular flexibility index (Phi) is 2.75. The number of carbonyl (C=O) groups excluding carboxylic acids is 1. The molecule has 3 rings (SSSR count). The van der Waals surface area contributed by atoms with Crippen molar-refractivity contribution >= 4 is 11.4 Å². The van der Waals surface area contributed by atoms with Gasteiger partial charge >= 0.3 is 0 Å². The second-order valence-corrected chi connectivity index (χ2v) is 4.80. The summed E-state index contributed by atoms with van der Waals surface area (Å²) in [7, 11) is 0. The van der Waals surface area contributed by atoms with Crippen molar-refractivity contribution in [2.45, 2.75) is 13.8 Å². The first-order valence-corrected chi connectivity index (χ1v) is 6.26. The molecule has 0 saturated carbocycles. The highest BCUT2D eigenvalue weighted by atomic mass is 16.1. The smallest absolute Gasteiger partial charge is 0.250 e. The zero-order valence-corrected chi connectivity index (χ0v) is 11.3. The Bertz CT molecular complexity index is 820. The molecule has 0 spiro atoms. The maximum Gasteiger partial charge on any atom is 0.250 e. The lowest BCUT2D eigenvalue weighted by atomic mass is 10.1. The Balaban J connectivity index is 2.24. The maximum absolute atomic E-state index is 11.4. The van der Waals surface area contributed by atoms with Gasteiger partial charge in [-0.25, -0.2) is 4.52 Å². The molecule has 0 atom stereocenters. The monoisotopic (exact) mass is 266 g/mol. The predicted octanol–water partition coefficient (Wildman–Crippen LogP) is 2.11. The molecule has 0 saturated heterocycles. The number of fused-ring (bicyclic) bond motifs is 1. The number of nitrogens with two attached hydrogens (primary N) is 1. The summed E-state index contributed by atoms with van der Waals surface area (Å²) < 4.78 is 1.75. The molecule has 2 N–H and O–H groups in total. The molecule has 0 fully saturated rings. The number of aromatic nitrogens is 3. The molecular weight excluding hydrogens is 252 g/mol. The molecule has 5 heteroatoms. The summed E-state index contributed by atoms with van der Waals surface area (Å²) in [5, 5.41) is 4.23. The summed E-state index contributed by atoms with van der Waals surface area (Å²) >= 11 is 0. The lowest BCUT2D eigenvalue weighted by Crippen LogP contribution is -2.14. The van der Waals surface area contributed by atoms with E-state index < -0.39 is 5.91 Å². The molecule has 5 nitrogen and oxygen atoms in total. The fraction of sp³-hybridized carbons (Fsp3) is 0.133. The third-order valence-electron chi connectivity index (χ3n) is 3.52. The van der Waals surface area contributed by atoms with Gasteiger partial charge in [0.15, 0.2) is 0 Å². The zero-order valence-electron chi connectivity index (χ0n) is 11.3. The van der Waals surface area contributed by atoms with Crippen molar-refractivity contribution in [2.75, 3.05) is 0 Å². The van der Waals surface area contributed by atoms with Crippen LogP contribution in [0.25, 0.3) is 16.6 Å². The van der Waals surface area contributed by atoms with Crippen LogP contribution in [0.2, 0.25) is 0 Å². The number of hydrogen-bond donors (Lipinski definition) is 1. The molecule has 3 heterocycles. The first-order valence-electron chi connectivity index (χ1n) is 6.26. The Morgan fingerprint density at radius 3 is 2.80 bits per heavy atom. The van der Waals surface area contributed by atoms with Crippen LogP contribution in [0, 0.1) is 13.8 Å². The topological polar surface area (TPSA) is 73.3 Å². The largest absolute Gasteiger partial charge is 0.366 e. The van der Waals surface area contributed by atoms with Gasteiger partial charge < -0.3 is 5.73 Å². The predicted molar refractivity (Wildman–Crippen MR) is 76.4 cm³/mol. The van der Waals surface area contributed by atoms with E-state index in [0.29, 0.717) is 5.56 Å². The van der Waals surface area contributed by atoms with E-state index >= 15 is 0 Å². The summed E-state index contributed by atoms with van der Waals surface area (Å²) in [5.41, 5.74) is 10.7. The van der Waals surface area contributed by atoms with Gasteiger partial charge in [0.2, 0.25) is 0 Å². The van der Waals surface area contributed by atoms with Gasteiger partial charge in [-0.1, -0.05) is 0 Å². The van der Waals surface area contributed by atoms with Crippen molar-refractivity contribution in [3.8, 4) is 11.1 Å². The second kappa shape index (κ2) is 4.45. The summed E-state index contributed by atoms with van der Waals surface area (Å²) in [6.45, 7) is 3.91. The quantitative estimate of drug-likeness (QED) is 0.772. The normalized spacial score (nSPS) is 10.9. The van der Waals surface area contributed by atoms with Gasteiger partial charge in [0.05, 0.1) is 17.3 Å². The van der Waals surface area contributed by atoms with E-state index in [0.717, 1.165) is 27.8 Å². The Morgan fingerprint density at radius 1 is 1.30 bits per heavy atom. The number of primary amides is 1. The van der Waals surface area contributed by atoms with Gasteiger partial charge in [0.1, 0.15) is 0 Å². The fourth-order valence-electron chi connectivity index (χ4n) is 2.34. The summed E-state index contributed by atoms with van der Waals surface area (Å²) in [6.07, 6.45) is 7.03. The van der Waals surface area contributed by atoms with Crippen molar-refractivity contribution in [2.24, 2.45) is 5.73 Å². The first kappa shape index (κ1) is 12.3. The van der Waals surface area contributed by atoms with Crippen LogP contribution in [0.3, 0.4) is 0 Å². The van der Waals surface area contributed by atoms with Crippen LogP contribution in [0.15, 0.2) is 36.9 Å². The van der Waals surface area contributed by atoms with Crippen molar-refractivity contribution < 1.29 is 4.79 Å². The van der Waals surface area contributed by atoms with Crippen LogP contribution in [-0.4, -0.2) is 20.5 Å². The van der Waals surface area contributed by atoms with Crippen LogP contribution < -0.4 is 5.73 Å². The number of rotatable bonds is 2. The lowest BCUT2D eigenvalue weighted by molar-refractivity contribution is 0.0999. The average Bonchev–Trinajstić information content (AvgIpc) is 2.84. The number of pyridine rings is 1. The van der Waals surface area contributed by atoms with Crippen LogP contribution in [0.1, 0.15) is 21.5 Å². The SMILES string of the molecule is Cc1ccncc1-c1cc2c(C)c(C(N)=O)cnn2c1. The molecule has 1 amide bonds. The van der Waals surface area contributed by atoms with Crippen LogP contribution in [0.4, 0.5) is 0 Å². The summed E-state index contributed by atoms with van der Waals surface area (Å²) in [4.78, 5) is 15.5. The van der Waals surface area contributed by atoms with Crippen molar-refractivity contribution in [3.63, 3.8) is 0 Å². The Labute approximate surface area is 116 Å². The standard InChI is InChI=1S/C15H14N4O/c1-9-3-4-17-6-12(9)11-5-14-10(2)13(15(16)20)7-18-19(14)8-11/h3-8H,1-2H3,(H2,16,20). The highest BCUT2D eigenvalue weighted by molar-refractivity contribution is 5.96. The van der Waals surface area contributed by atoms with E-state index in [1.807, 2.05) is 38.4 Å². The van der Waals surface area contributed by atoms with Gasteiger partial charge in [-0.3, -0.25) is 9.78 Å². The second-order valence-electron chi connectivity index (χ2n) is 4.80. The third kappa shape index (κ3) is 1.84. The number of hydrogen-bond acceptors (Lipinski definition) is 3. The van der Waals surface area contributed by atoms with Crippen LogP contribution >= 0.6 is 0 Å². The van der Waals surface area contributed by atoms with E-state index in [4.69, 9.17) is 5.73 Å².